The highest BCUT2D eigenvalue weighted by Gasteiger charge is 2.59. The molecule has 10 heteroatoms. The molecule has 186 valence electrons. The molecule has 0 radical (unpaired) electrons. The minimum Gasteiger partial charge on any atom is -0.497 e. The first-order chi connectivity index (χ1) is 17.1. The number of nitrogens with zero attached hydrogens (tertiary/aromatic N) is 3. The van der Waals surface area contributed by atoms with Gasteiger partial charge in [0.05, 0.1) is 18.2 Å². The number of aromatic nitrogens is 2. The van der Waals surface area contributed by atoms with E-state index in [1.54, 1.807) is 48.5 Å². The zero-order chi connectivity index (χ0) is 25.5. The molecule has 36 heavy (non-hydrogen) atoms. The van der Waals surface area contributed by atoms with E-state index in [0.29, 0.717) is 48.4 Å². The van der Waals surface area contributed by atoms with E-state index in [4.69, 9.17) is 4.74 Å². The molecule has 1 N–H and O–H groups in total. The minimum atomic E-state index is -4.71. The number of rotatable bonds is 5. The van der Waals surface area contributed by atoms with Gasteiger partial charge in [0, 0.05) is 23.2 Å². The Balaban J connectivity index is 1.46. The van der Waals surface area contributed by atoms with Crippen molar-refractivity contribution in [2.24, 2.45) is 0 Å². The normalized spacial score (nSPS) is 19.2. The second-order valence-corrected chi connectivity index (χ2v) is 9.79. The van der Waals surface area contributed by atoms with Crippen LogP contribution in [0.2, 0.25) is 0 Å². The number of carbonyl (C=O) groups is 2. The van der Waals surface area contributed by atoms with Gasteiger partial charge in [-0.2, -0.15) is 18.3 Å². The Hall–Kier alpha value is -3.82. The van der Waals surface area contributed by atoms with Gasteiger partial charge in [0.15, 0.2) is 5.69 Å². The number of ether oxygens (including phenoxy) is 1. The Labute approximate surface area is 204 Å². The third-order valence-corrected chi connectivity index (χ3v) is 7.65. The fourth-order valence-corrected chi connectivity index (χ4v) is 5.29. The molecule has 2 fully saturated rings. The second kappa shape index (κ2) is 7.35. The number of carboxylic acid groups (broad SMARTS) is 1. The van der Waals surface area contributed by atoms with Gasteiger partial charge in [-0.15, -0.1) is 0 Å². The van der Waals surface area contributed by atoms with Crippen molar-refractivity contribution in [2.75, 3.05) is 18.6 Å². The maximum Gasteiger partial charge on any atom is 0.435 e. The van der Waals surface area contributed by atoms with Crippen LogP contribution in [-0.2, 0) is 21.8 Å². The minimum absolute atomic E-state index is 0.0356. The van der Waals surface area contributed by atoms with Gasteiger partial charge in [0.1, 0.15) is 11.4 Å². The average Bonchev–Trinajstić information content (AvgIpc) is 3.78. The predicted octanol–water partition coefficient (Wildman–Crippen LogP) is 4.71. The van der Waals surface area contributed by atoms with Crippen molar-refractivity contribution in [3.05, 3.63) is 71.0 Å². The van der Waals surface area contributed by atoms with E-state index in [9.17, 15) is 27.9 Å². The Morgan fingerprint density at radius 3 is 2.11 bits per heavy atom. The number of fused-ring (bicyclic) bond motifs is 2. The van der Waals surface area contributed by atoms with Gasteiger partial charge in [-0.05, 0) is 67.6 Å². The number of methoxy groups -OCH3 is 1. The molecular formula is C26H22F3N3O4. The highest BCUT2D eigenvalue weighted by Crippen LogP contribution is 2.56. The molecule has 1 aromatic heterocycles. The molecule has 2 aromatic carbocycles. The number of hydrogen-bond acceptors (Lipinski definition) is 4. The number of carbonyl (C=O) groups excluding carboxylic acids is 1. The highest BCUT2D eigenvalue weighted by molar-refractivity contribution is 6.08. The summed E-state index contributed by atoms with van der Waals surface area (Å²) in [6, 6.07) is 13.1. The summed E-state index contributed by atoms with van der Waals surface area (Å²) in [5.74, 6) is -0.931. The Morgan fingerprint density at radius 1 is 1.00 bits per heavy atom. The summed E-state index contributed by atoms with van der Waals surface area (Å²) in [4.78, 5) is 26.9. The largest absolute Gasteiger partial charge is 0.497 e. The first kappa shape index (κ1) is 22.6. The highest BCUT2D eigenvalue weighted by atomic mass is 19.4. The molecule has 0 bridgehead atoms. The Bertz CT molecular complexity index is 1390. The fourth-order valence-electron chi connectivity index (χ4n) is 5.29. The predicted molar refractivity (Wildman–Crippen MR) is 123 cm³/mol. The molecular weight excluding hydrogens is 475 g/mol. The first-order valence-corrected chi connectivity index (χ1v) is 11.6. The number of alkyl halides is 3. The fraction of sp³-hybridized carbons (Fsp3) is 0.346. The number of carboxylic acids is 1. The second-order valence-electron chi connectivity index (χ2n) is 9.79. The number of amides is 1. The molecule has 2 saturated carbocycles. The van der Waals surface area contributed by atoms with Crippen molar-refractivity contribution in [3.8, 4) is 11.4 Å². The molecule has 2 heterocycles. The van der Waals surface area contributed by atoms with Crippen LogP contribution in [0.4, 0.5) is 18.9 Å². The molecule has 1 amide bonds. The quantitative estimate of drug-likeness (QED) is 0.552. The van der Waals surface area contributed by atoms with Crippen LogP contribution in [0, 0.1) is 0 Å². The van der Waals surface area contributed by atoms with E-state index < -0.39 is 34.6 Å². The maximum atomic E-state index is 14.1. The zero-order valence-electron chi connectivity index (χ0n) is 19.3. The smallest absolute Gasteiger partial charge is 0.435 e. The number of aliphatic carboxylic acids is 1. The summed E-state index contributed by atoms with van der Waals surface area (Å²) in [6.45, 7) is 0.111. The lowest BCUT2D eigenvalue weighted by atomic mass is 9.87. The van der Waals surface area contributed by atoms with Gasteiger partial charge < -0.3 is 14.7 Å². The summed E-state index contributed by atoms with van der Waals surface area (Å²) in [5.41, 5.74) is -1.37. The average molecular weight is 497 g/mol. The molecule has 1 spiro atoms. The summed E-state index contributed by atoms with van der Waals surface area (Å²) < 4.78 is 48.5. The number of anilines is 1. The number of halogens is 3. The SMILES string of the molecule is COc1ccc(-n2nc(C(F)(F)F)c3c2C(=O)N(c2ccc(C4(C(=O)O)CC4)cc2)CC32CC2)cc1. The summed E-state index contributed by atoms with van der Waals surface area (Å²) in [5, 5.41) is 13.5. The van der Waals surface area contributed by atoms with Crippen molar-refractivity contribution in [1.29, 1.82) is 0 Å². The van der Waals surface area contributed by atoms with Crippen molar-refractivity contribution in [1.82, 2.24) is 9.78 Å². The van der Waals surface area contributed by atoms with E-state index in [-0.39, 0.29) is 17.8 Å². The van der Waals surface area contributed by atoms with E-state index in [1.165, 1.54) is 12.0 Å². The van der Waals surface area contributed by atoms with Gasteiger partial charge >= 0.3 is 12.1 Å². The van der Waals surface area contributed by atoms with Gasteiger partial charge in [-0.25, -0.2) is 4.68 Å². The van der Waals surface area contributed by atoms with Crippen LogP contribution in [0.3, 0.4) is 0 Å². The van der Waals surface area contributed by atoms with E-state index in [1.807, 2.05) is 0 Å². The lowest BCUT2D eigenvalue weighted by Crippen LogP contribution is -2.44. The molecule has 7 nitrogen and oxygen atoms in total. The number of benzene rings is 2. The Morgan fingerprint density at radius 2 is 1.61 bits per heavy atom. The third kappa shape index (κ3) is 3.23. The van der Waals surface area contributed by atoms with E-state index in [0.717, 1.165) is 4.68 Å². The third-order valence-electron chi connectivity index (χ3n) is 7.65. The van der Waals surface area contributed by atoms with Gasteiger partial charge in [-0.1, -0.05) is 12.1 Å². The summed E-state index contributed by atoms with van der Waals surface area (Å²) in [6.07, 6.45) is -2.57. The van der Waals surface area contributed by atoms with Crippen LogP contribution in [0.15, 0.2) is 48.5 Å². The van der Waals surface area contributed by atoms with Crippen LogP contribution < -0.4 is 9.64 Å². The standard InChI is InChI=1S/C26H22F3N3O4/c1-36-18-8-6-17(7-9-18)32-20-19(21(30-32)26(27,28)29)24(10-11-24)14-31(22(20)33)16-4-2-15(3-5-16)25(12-13-25)23(34)35/h2-9H,10-14H2,1H3,(H,34,35). The molecule has 0 atom stereocenters. The van der Waals surface area contributed by atoms with Crippen LogP contribution in [0.5, 0.6) is 5.75 Å². The van der Waals surface area contributed by atoms with Crippen molar-refractivity contribution >= 4 is 17.6 Å². The van der Waals surface area contributed by atoms with Gasteiger partial charge in [0.2, 0.25) is 0 Å². The molecule has 0 saturated heterocycles. The van der Waals surface area contributed by atoms with Crippen LogP contribution in [-0.4, -0.2) is 40.4 Å². The zero-order valence-corrected chi connectivity index (χ0v) is 19.3. The topological polar surface area (TPSA) is 84.7 Å². The van der Waals surface area contributed by atoms with Gasteiger partial charge in [-0.3, -0.25) is 9.59 Å². The van der Waals surface area contributed by atoms with Crippen molar-refractivity contribution < 1.29 is 32.6 Å². The maximum absolute atomic E-state index is 14.1. The summed E-state index contributed by atoms with van der Waals surface area (Å²) in [7, 11) is 1.48. The molecule has 1 aliphatic heterocycles. The lowest BCUT2D eigenvalue weighted by molar-refractivity contribution is -0.142. The van der Waals surface area contributed by atoms with Crippen molar-refractivity contribution in [3.63, 3.8) is 0 Å². The van der Waals surface area contributed by atoms with Crippen LogP contribution >= 0.6 is 0 Å². The Kier molecular flexibility index (Phi) is 4.62. The summed E-state index contributed by atoms with van der Waals surface area (Å²) >= 11 is 0. The molecule has 0 unspecified atom stereocenters. The lowest BCUT2D eigenvalue weighted by Gasteiger charge is -2.34. The van der Waals surface area contributed by atoms with Crippen LogP contribution in [0.25, 0.3) is 5.69 Å². The first-order valence-electron chi connectivity index (χ1n) is 11.6. The number of hydrogen-bond donors (Lipinski definition) is 1. The van der Waals surface area contributed by atoms with Crippen molar-refractivity contribution in [2.45, 2.75) is 42.7 Å². The molecule has 2 aliphatic carbocycles. The monoisotopic (exact) mass is 497 g/mol. The molecule has 6 rings (SSSR count). The van der Waals surface area contributed by atoms with E-state index in [2.05, 4.69) is 5.10 Å². The van der Waals surface area contributed by atoms with E-state index >= 15 is 0 Å². The molecule has 3 aromatic rings. The van der Waals surface area contributed by atoms with Gasteiger partial charge in [0.25, 0.3) is 5.91 Å². The van der Waals surface area contributed by atoms with Crippen LogP contribution in [0.1, 0.15) is 53.0 Å². The molecule has 3 aliphatic rings.